The summed E-state index contributed by atoms with van der Waals surface area (Å²) in [5.74, 6) is 1.71. The molecule has 2 saturated heterocycles. The van der Waals surface area contributed by atoms with Crippen LogP contribution in [0.15, 0.2) is 48.5 Å². The first-order valence-corrected chi connectivity index (χ1v) is 13.8. The molecule has 0 N–H and O–H groups in total. The molecule has 38 heavy (non-hydrogen) atoms. The molecule has 1 atom stereocenters. The minimum atomic E-state index is -0.738. The Kier molecular flexibility index (Phi) is 10.3. The van der Waals surface area contributed by atoms with Crippen molar-refractivity contribution in [3.8, 4) is 11.5 Å². The number of hydrogen-bond acceptors (Lipinski definition) is 7. The summed E-state index contributed by atoms with van der Waals surface area (Å²) in [4.78, 5) is 22.1. The summed E-state index contributed by atoms with van der Waals surface area (Å²) in [5, 5.41) is 0.658. The van der Waals surface area contributed by atoms with Gasteiger partial charge < -0.3 is 28.9 Å². The SMILES string of the molecule is CN(C)CCOc1cccc(CN2CCO[C@@](COc3ccc(Cl)cc3)(CC(=O)N3CCN(C)CC3)C2)c1. The number of rotatable bonds is 11. The van der Waals surface area contributed by atoms with Crippen molar-refractivity contribution < 1.29 is 19.0 Å². The zero-order valence-corrected chi connectivity index (χ0v) is 23.7. The first-order chi connectivity index (χ1) is 18.3. The zero-order chi connectivity index (χ0) is 27.0. The molecule has 2 aliphatic heterocycles. The molecule has 4 rings (SSSR count). The smallest absolute Gasteiger partial charge is 0.225 e. The lowest BCUT2D eigenvalue weighted by atomic mass is 9.96. The van der Waals surface area contributed by atoms with Crippen molar-refractivity contribution in [3.05, 3.63) is 59.1 Å². The molecule has 0 aliphatic carbocycles. The van der Waals surface area contributed by atoms with Gasteiger partial charge in [0.25, 0.3) is 0 Å². The van der Waals surface area contributed by atoms with Gasteiger partial charge in [0.1, 0.15) is 30.3 Å². The highest BCUT2D eigenvalue weighted by Gasteiger charge is 2.41. The van der Waals surface area contributed by atoms with E-state index in [2.05, 4.69) is 33.9 Å². The molecule has 1 amide bonds. The number of halogens is 1. The molecule has 0 unspecified atom stereocenters. The fourth-order valence-corrected chi connectivity index (χ4v) is 4.96. The van der Waals surface area contributed by atoms with Crippen molar-refractivity contribution in [1.82, 2.24) is 19.6 Å². The van der Waals surface area contributed by atoms with E-state index in [-0.39, 0.29) is 18.9 Å². The maximum Gasteiger partial charge on any atom is 0.225 e. The Hall–Kier alpha value is -2.36. The molecule has 2 aromatic rings. The fraction of sp³-hybridized carbons (Fsp3) is 0.552. The molecule has 2 aliphatic rings. The van der Waals surface area contributed by atoms with Crippen LogP contribution in [-0.2, 0) is 16.1 Å². The predicted octanol–water partition coefficient (Wildman–Crippen LogP) is 3.09. The van der Waals surface area contributed by atoms with Gasteiger partial charge in [-0.15, -0.1) is 0 Å². The van der Waals surface area contributed by atoms with Crippen molar-refractivity contribution >= 4 is 17.5 Å². The molecule has 2 heterocycles. The van der Waals surface area contributed by atoms with E-state index in [1.54, 1.807) is 12.1 Å². The minimum absolute atomic E-state index is 0.121. The maximum absolute atomic E-state index is 13.4. The van der Waals surface area contributed by atoms with Gasteiger partial charge in [-0.2, -0.15) is 0 Å². The summed E-state index contributed by atoms with van der Waals surface area (Å²) >= 11 is 6.05. The Labute approximate surface area is 232 Å². The molecule has 0 saturated carbocycles. The average Bonchev–Trinajstić information content (AvgIpc) is 2.89. The zero-order valence-electron chi connectivity index (χ0n) is 22.9. The van der Waals surface area contributed by atoms with Gasteiger partial charge in [0.15, 0.2) is 0 Å². The van der Waals surface area contributed by atoms with Crippen LogP contribution in [0.5, 0.6) is 11.5 Å². The van der Waals surface area contributed by atoms with Crippen LogP contribution in [0.1, 0.15) is 12.0 Å². The number of piperazine rings is 1. The second kappa shape index (κ2) is 13.6. The average molecular weight is 545 g/mol. The number of benzene rings is 2. The summed E-state index contributed by atoms with van der Waals surface area (Å²) < 4.78 is 18.5. The van der Waals surface area contributed by atoms with Crippen molar-refractivity contribution in [3.63, 3.8) is 0 Å². The van der Waals surface area contributed by atoms with Crippen molar-refractivity contribution in [1.29, 1.82) is 0 Å². The van der Waals surface area contributed by atoms with Crippen molar-refractivity contribution in [2.75, 3.05) is 86.8 Å². The Morgan fingerprint density at radius 1 is 1.03 bits per heavy atom. The first-order valence-electron chi connectivity index (χ1n) is 13.4. The first kappa shape index (κ1) is 28.6. The van der Waals surface area contributed by atoms with Crippen LogP contribution in [-0.4, -0.2) is 118 Å². The third-order valence-electron chi connectivity index (χ3n) is 7.08. The number of likely N-dealkylation sites (N-methyl/N-ethyl adjacent to an activating group) is 2. The lowest BCUT2D eigenvalue weighted by Crippen LogP contribution is -2.58. The second-order valence-corrected chi connectivity index (χ2v) is 11.1. The summed E-state index contributed by atoms with van der Waals surface area (Å²) in [6.07, 6.45) is 0.286. The third kappa shape index (κ3) is 8.58. The number of amides is 1. The Bertz CT molecular complexity index is 1030. The summed E-state index contributed by atoms with van der Waals surface area (Å²) in [7, 11) is 6.17. The highest BCUT2D eigenvalue weighted by molar-refractivity contribution is 6.30. The molecule has 0 bridgehead atoms. The standard InChI is InChI=1S/C29H41ClN4O4/c1-31(2)15-17-36-27-6-4-5-24(19-27)21-33-16-18-38-29(22-33,23-37-26-9-7-25(30)8-10-26)20-28(35)34-13-11-32(3)12-14-34/h4-10,19H,11-18,20-23H2,1-3H3/t29-/m0/s1. The number of morpholine rings is 1. The number of carbonyl (C=O) groups excluding carboxylic acids is 1. The van der Waals surface area contributed by atoms with E-state index in [0.29, 0.717) is 30.5 Å². The van der Waals surface area contributed by atoms with Gasteiger partial charge in [0.2, 0.25) is 5.91 Å². The molecule has 0 aromatic heterocycles. The summed E-state index contributed by atoms with van der Waals surface area (Å²) in [6, 6.07) is 15.6. The van der Waals surface area contributed by atoms with Gasteiger partial charge in [-0.1, -0.05) is 23.7 Å². The molecule has 2 fully saturated rings. The van der Waals surface area contributed by atoms with E-state index in [9.17, 15) is 4.79 Å². The molecule has 0 spiro atoms. The van der Waals surface area contributed by atoms with Crippen molar-refractivity contribution in [2.24, 2.45) is 0 Å². The highest BCUT2D eigenvalue weighted by atomic mass is 35.5. The number of nitrogens with zero attached hydrogens (tertiary/aromatic N) is 4. The largest absolute Gasteiger partial charge is 0.492 e. The van der Waals surface area contributed by atoms with Crippen LogP contribution in [0.25, 0.3) is 0 Å². The molecule has 2 aromatic carbocycles. The minimum Gasteiger partial charge on any atom is -0.492 e. The van der Waals surface area contributed by atoms with Crippen LogP contribution in [0.3, 0.4) is 0 Å². The van der Waals surface area contributed by atoms with Crippen LogP contribution >= 0.6 is 11.6 Å². The van der Waals surface area contributed by atoms with Crippen LogP contribution in [0.4, 0.5) is 0 Å². The molecule has 0 radical (unpaired) electrons. The third-order valence-corrected chi connectivity index (χ3v) is 7.34. The number of carbonyl (C=O) groups is 1. The molecular weight excluding hydrogens is 504 g/mol. The molecule has 9 heteroatoms. The quantitative estimate of drug-likeness (QED) is 0.431. The molecular formula is C29H41ClN4O4. The van der Waals surface area contributed by atoms with Crippen LogP contribution < -0.4 is 9.47 Å². The normalized spacial score (nSPS) is 21.0. The second-order valence-electron chi connectivity index (χ2n) is 10.6. The van der Waals surface area contributed by atoms with Gasteiger partial charge in [-0.05, 0) is 63.1 Å². The van der Waals surface area contributed by atoms with E-state index in [1.165, 1.54) is 5.56 Å². The topological polar surface area (TPSA) is 57.7 Å². The van der Waals surface area contributed by atoms with Gasteiger partial charge in [0.05, 0.1) is 13.0 Å². The van der Waals surface area contributed by atoms with Gasteiger partial charge in [0, 0.05) is 57.4 Å². The summed E-state index contributed by atoms with van der Waals surface area (Å²) in [5.41, 5.74) is 0.435. The molecule has 208 valence electrons. The molecule has 8 nitrogen and oxygen atoms in total. The van der Waals surface area contributed by atoms with E-state index in [4.69, 9.17) is 25.8 Å². The van der Waals surface area contributed by atoms with Gasteiger partial charge >= 0.3 is 0 Å². The predicted molar refractivity (Wildman–Crippen MR) is 150 cm³/mol. The van der Waals surface area contributed by atoms with Crippen LogP contribution in [0, 0.1) is 0 Å². The number of ether oxygens (including phenoxy) is 3. The summed E-state index contributed by atoms with van der Waals surface area (Å²) in [6.45, 7) is 7.75. The van der Waals surface area contributed by atoms with E-state index < -0.39 is 5.60 Å². The highest BCUT2D eigenvalue weighted by Crippen LogP contribution is 2.27. The lowest BCUT2D eigenvalue weighted by molar-refractivity contribution is -0.157. The Morgan fingerprint density at radius 3 is 2.53 bits per heavy atom. The van der Waals surface area contributed by atoms with Gasteiger partial charge in [-0.25, -0.2) is 0 Å². The Morgan fingerprint density at radius 2 is 1.79 bits per heavy atom. The van der Waals surface area contributed by atoms with E-state index >= 15 is 0 Å². The van der Waals surface area contributed by atoms with Gasteiger partial charge in [-0.3, -0.25) is 9.69 Å². The fourth-order valence-electron chi connectivity index (χ4n) is 4.83. The maximum atomic E-state index is 13.4. The number of hydrogen-bond donors (Lipinski definition) is 0. The van der Waals surface area contributed by atoms with E-state index in [0.717, 1.165) is 51.6 Å². The van der Waals surface area contributed by atoms with E-state index in [1.807, 2.05) is 43.3 Å². The van der Waals surface area contributed by atoms with Crippen molar-refractivity contribution in [2.45, 2.75) is 18.6 Å². The lowest BCUT2D eigenvalue weighted by Gasteiger charge is -2.43. The Balaban J connectivity index is 1.44. The monoisotopic (exact) mass is 544 g/mol. The van der Waals surface area contributed by atoms with Crippen LogP contribution in [0.2, 0.25) is 5.02 Å².